The molecule has 0 bridgehead atoms. The third-order valence-corrected chi connectivity index (χ3v) is 6.47. The highest BCUT2D eigenvalue weighted by Crippen LogP contribution is 2.36. The highest BCUT2D eigenvalue weighted by molar-refractivity contribution is 5.97. The fourth-order valence-corrected chi connectivity index (χ4v) is 4.78. The van der Waals surface area contributed by atoms with Crippen LogP contribution in [-0.4, -0.2) is 45.3 Å². The molecule has 0 saturated carbocycles. The number of allylic oxidation sites excluding steroid dienone is 1. The van der Waals surface area contributed by atoms with Gasteiger partial charge < -0.3 is 25.4 Å². The average molecular weight is 464 g/mol. The highest BCUT2D eigenvalue weighted by atomic mass is 16.5. The summed E-state index contributed by atoms with van der Waals surface area (Å²) in [5.74, 6) is -1.68. The predicted molar refractivity (Wildman–Crippen MR) is 126 cm³/mol. The molecule has 0 spiro atoms. The quantitative estimate of drug-likeness (QED) is 0.502. The normalized spacial score (nSPS) is 21.3. The average Bonchev–Trinajstić information content (AvgIpc) is 3.25. The minimum Gasteiger partial charge on any atom is -0.508 e. The fourth-order valence-electron chi connectivity index (χ4n) is 4.78. The van der Waals surface area contributed by atoms with Gasteiger partial charge in [-0.1, -0.05) is 56.3 Å². The molecule has 1 aliphatic carbocycles. The largest absolute Gasteiger partial charge is 0.508 e. The Morgan fingerprint density at radius 1 is 1.12 bits per heavy atom. The number of hydrogen-bond donors (Lipinski definition) is 4. The maximum Gasteiger partial charge on any atom is 0.253 e. The lowest BCUT2D eigenvalue weighted by atomic mass is 9.73. The number of hydrogen-bond acceptors (Lipinski definition) is 6. The van der Waals surface area contributed by atoms with Crippen LogP contribution in [0.4, 0.5) is 0 Å². The van der Waals surface area contributed by atoms with Crippen LogP contribution in [0.5, 0.6) is 11.5 Å². The van der Waals surface area contributed by atoms with Gasteiger partial charge in [-0.25, -0.2) is 0 Å². The van der Waals surface area contributed by atoms with Crippen LogP contribution in [0.15, 0.2) is 72.5 Å². The number of ether oxygens (including phenoxy) is 1. The van der Waals surface area contributed by atoms with Gasteiger partial charge in [0.1, 0.15) is 29.7 Å². The second kappa shape index (κ2) is 8.99. The summed E-state index contributed by atoms with van der Waals surface area (Å²) in [6.07, 6.45) is 4.77. The Morgan fingerprint density at radius 3 is 2.47 bits per heavy atom. The zero-order chi connectivity index (χ0) is 24.5. The molecule has 0 aromatic heterocycles. The molecule has 2 aliphatic rings. The van der Waals surface area contributed by atoms with Gasteiger partial charge in [0, 0.05) is 18.1 Å². The van der Waals surface area contributed by atoms with E-state index in [0.29, 0.717) is 5.56 Å². The van der Waals surface area contributed by atoms with Crippen molar-refractivity contribution in [3.8, 4) is 11.5 Å². The summed E-state index contributed by atoms with van der Waals surface area (Å²) in [7, 11) is 0. The van der Waals surface area contributed by atoms with E-state index >= 15 is 0 Å². The number of aliphatic hydroxyl groups is 1. The maximum atomic E-state index is 13.5. The van der Waals surface area contributed by atoms with Gasteiger partial charge in [0.05, 0.1) is 12.2 Å². The first-order chi connectivity index (χ1) is 16.1. The van der Waals surface area contributed by atoms with Crippen molar-refractivity contribution in [2.45, 2.75) is 43.7 Å². The molecule has 1 heterocycles. The molecular weight excluding hydrogens is 434 g/mol. The number of aromatic hydroxyl groups is 2. The summed E-state index contributed by atoms with van der Waals surface area (Å²) in [4.78, 5) is 26.4. The summed E-state index contributed by atoms with van der Waals surface area (Å²) in [5.41, 5.74) is -0.444. The van der Waals surface area contributed by atoms with Gasteiger partial charge in [-0.3, -0.25) is 9.59 Å². The van der Waals surface area contributed by atoms with E-state index in [0.717, 1.165) is 11.1 Å². The molecular formula is C27H29NO6. The summed E-state index contributed by atoms with van der Waals surface area (Å²) in [5, 5.41) is 34.3. The van der Waals surface area contributed by atoms with Crippen molar-refractivity contribution in [3.05, 3.63) is 83.6 Å². The van der Waals surface area contributed by atoms with Crippen LogP contribution in [0, 0.1) is 5.92 Å². The second-order valence-electron chi connectivity index (χ2n) is 9.71. The molecule has 2 aromatic rings. The Hall–Kier alpha value is -3.58. The fraction of sp³-hybridized carbons (Fsp3) is 0.333. The van der Waals surface area contributed by atoms with E-state index in [-0.39, 0.29) is 36.7 Å². The predicted octanol–water partition coefficient (Wildman–Crippen LogP) is 2.89. The van der Waals surface area contributed by atoms with Crippen molar-refractivity contribution < 1.29 is 29.6 Å². The summed E-state index contributed by atoms with van der Waals surface area (Å²) in [6, 6.07) is 12.6. The minimum atomic E-state index is -1.93. The Morgan fingerprint density at radius 2 is 1.79 bits per heavy atom. The van der Waals surface area contributed by atoms with Crippen molar-refractivity contribution in [2.75, 3.05) is 6.61 Å². The molecule has 0 fully saturated rings. The number of amides is 1. The highest BCUT2D eigenvalue weighted by Gasteiger charge is 2.44. The molecule has 3 unspecified atom stereocenters. The van der Waals surface area contributed by atoms with Gasteiger partial charge in [-0.05, 0) is 35.1 Å². The zero-order valence-corrected chi connectivity index (χ0v) is 19.2. The third kappa shape index (κ3) is 4.84. The number of carbonyl (C=O) groups excluding carboxylic acids is 2. The number of nitrogens with one attached hydrogen (secondary N) is 1. The van der Waals surface area contributed by atoms with Crippen LogP contribution in [0.25, 0.3) is 0 Å². The number of benzene rings is 2. The molecule has 4 N–H and O–H groups in total. The number of rotatable bonds is 7. The van der Waals surface area contributed by atoms with Crippen molar-refractivity contribution in [1.29, 1.82) is 0 Å². The van der Waals surface area contributed by atoms with E-state index in [2.05, 4.69) is 5.32 Å². The van der Waals surface area contributed by atoms with Crippen molar-refractivity contribution in [2.24, 2.45) is 5.92 Å². The molecule has 0 radical (unpaired) electrons. The van der Waals surface area contributed by atoms with Gasteiger partial charge >= 0.3 is 0 Å². The summed E-state index contributed by atoms with van der Waals surface area (Å²) in [6.45, 7) is 4.09. The van der Waals surface area contributed by atoms with Crippen LogP contribution in [0.1, 0.15) is 31.4 Å². The van der Waals surface area contributed by atoms with E-state index in [9.17, 15) is 24.9 Å². The number of carbonyl (C=O) groups is 2. The topological polar surface area (TPSA) is 116 Å². The van der Waals surface area contributed by atoms with Crippen LogP contribution in [-0.2, 0) is 26.2 Å². The SMILES string of the molecule is CC(C)(CC(O)(Cc1cc(O)cc(O)c1)C(=O)NC1C=CC2=COCC2C1=O)c1ccccc1. The number of fused-ring (bicyclic) bond motifs is 1. The van der Waals surface area contributed by atoms with E-state index in [1.165, 1.54) is 18.2 Å². The first-order valence-electron chi connectivity index (χ1n) is 11.2. The standard InChI is InChI=1S/C27H29NO6/c1-26(2,19-6-4-3-5-7-19)16-27(33,13-17-10-20(29)12-21(30)11-17)25(32)28-23-9-8-18-14-34-15-22(18)24(23)31/h3-12,14,22-23,29-30,33H,13,15-16H2,1-2H3,(H,28,32). The molecule has 34 heavy (non-hydrogen) atoms. The molecule has 3 atom stereocenters. The second-order valence-corrected chi connectivity index (χ2v) is 9.71. The number of phenols is 2. The lowest BCUT2D eigenvalue weighted by Gasteiger charge is -2.37. The Labute approximate surface area is 198 Å². The van der Waals surface area contributed by atoms with Gasteiger partial charge in [0.25, 0.3) is 5.91 Å². The molecule has 0 saturated heterocycles. The molecule has 2 aromatic carbocycles. The third-order valence-electron chi connectivity index (χ3n) is 6.47. The summed E-state index contributed by atoms with van der Waals surface area (Å²) >= 11 is 0. The molecule has 4 rings (SSSR count). The van der Waals surface area contributed by atoms with Crippen LogP contribution >= 0.6 is 0 Å². The molecule has 7 heteroatoms. The van der Waals surface area contributed by atoms with Gasteiger partial charge in [-0.2, -0.15) is 0 Å². The van der Waals surface area contributed by atoms with Crippen LogP contribution < -0.4 is 5.32 Å². The Kier molecular flexibility index (Phi) is 6.23. The maximum absolute atomic E-state index is 13.5. The lowest BCUT2D eigenvalue weighted by Crippen LogP contribution is -2.56. The zero-order valence-electron chi connectivity index (χ0n) is 19.2. The molecule has 178 valence electrons. The van der Waals surface area contributed by atoms with Gasteiger partial charge in [0.15, 0.2) is 5.78 Å². The summed E-state index contributed by atoms with van der Waals surface area (Å²) < 4.78 is 5.26. The lowest BCUT2D eigenvalue weighted by molar-refractivity contribution is -0.144. The first-order valence-corrected chi connectivity index (χ1v) is 11.2. The minimum absolute atomic E-state index is 0.0363. The molecule has 1 amide bonds. The van der Waals surface area contributed by atoms with E-state index in [1.807, 2.05) is 44.2 Å². The van der Waals surface area contributed by atoms with Crippen molar-refractivity contribution >= 4 is 11.7 Å². The van der Waals surface area contributed by atoms with Gasteiger partial charge in [0.2, 0.25) is 0 Å². The van der Waals surface area contributed by atoms with Gasteiger partial charge in [-0.15, -0.1) is 0 Å². The monoisotopic (exact) mass is 463 g/mol. The number of phenolic OH excluding ortho intramolecular Hbond substituents is 2. The molecule has 7 nitrogen and oxygen atoms in total. The van der Waals surface area contributed by atoms with Crippen LogP contribution in [0.3, 0.4) is 0 Å². The number of Topliss-reactive ketones (excluding diaryl/α,β-unsaturated/α-hetero) is 1. The smallest absolute Gasteiger partial charge is 0.253 e. The first kappa shape index (κ1) is 23.6. The van der Waals surface area contributed by atoms with Crippen molar-refractivity contribution in [1.82, 2.24) is 5.32 Å². The van der Waals surface area contributed by atoms with E-state index in [4.69, 9.17) is 4.74 Å². The Bertz CT molecular complexity index is 1130. The van der Waals surface area contributed by atoms with E-state index in [1.54, 1.807) is 18.4 Å². The Balaban J connectivity index is 1.63. The van der Waals surface area contributed by atoms with E-state index < -0.39 is 28.9 Å². The number of ketones is 1. The van der Waals surface area contributed by atoms with Crippen molar-refractivity contribution in [3.63, 3.8) is 0 Å². The molecule has 1 aliphatic heterocycles. The van der Waals surface area contributed by atoms with Crippen LogP contribution in [0.2, 0.25) is 0 Å².